The van der Waals surface area contributed by atoms with Crippen molar-refractivity contribution in [3.63, 3.8) is 0 Å². The van der Waals surface area contributed by atoms with Crippen molar-refractivity contribution in [1.29, 1.82) is 0 Å². The highest BCUT2D eigenvalue weighted by atomic mass is 35.5. The number of hydrogen-bond donors (Lipinski definition) is 1. The fraction of sp³-hybridized carbons (Fsp3) is 0.368. The second kappa shape index (κ2) is 9.94. The number of rotatable bonds is 7. The van der Waals surface area contributed by atoms with E-state index in [9.17, 15) is 8.42 Å². The fourth-order valence-corrected chi connectivity index (χ4v) is 4.32. The molecule has 0 spiro atoms. The Morgan fingerprint density at radius 2 is 1.67 bits per heavy atom. The van der Waals surface area contributed by atoms with Crippen molar-refractivity contribution in [2.45, 2.75) is 17.7 Å². The Hall–Kier alpha value is -1.80. The SMILES string of the molecule is Cl.NCCN(CCc1ccccc1)S(=O)(=O)c1ccc2c(c1)OCCCO2. The Morgan fingerprint density at radius 3 is 2.37 bits per heavy atom. The molecular formula is C19H25ClN2O4S. The van der Waals surface area contributed by atoms with E-state index in [0.29, 0.717) is 37.7 Å². The van der Waals surface area contributed by atoms with E-state index >= 15 is 0 Å². The van der Waals surface area contributed by atoms with Gasteiger partial charge in [-0.25, -0.2) is 8.42 Å². The summed E-state index contributed by atoms with van der Waals surface area (Å²) in [6.45, 7) is 1.98. The Labute approximate surface area is 166 Å². The number of fused-ring (bicyclic) bond motifs is 1. The maximum atomic E-state index is 13.1. The summed E-state index contributed by atoms with van der Waals surface area (Å²) in [7, 11) is -3.66. The molecule has 6 nitrogen and oxygen atoms in total. The van der Waals surface area contributed by atoms with Crippen LogP contribution < -0.4 is 15.2 Å². The second-order valence-electron chi connectivity index (χ2n) is 6.09. The van der Waals surface area contributed by atoms with Gasteiger partial charge in [0.1, 0.15) is 0 Å². The van der Waals surface area contributed by atoms with Crippen molar-refractivity contribution < 1.29 is 17.9 Å². The zero-order valence-corrected chi connectivity index (χ0v) is 16.7. The molecule has 1 heterocycles. The molecule has 0 aromatic heterocycles. The molecule has 8 heteroatoms. The van der Waals surface area contributed by atoms with Crippen LogP contribution in [0.25, 0.3) is 0 Å². The van der Waals surface area contributed by atoms with Crippen molar-refractivity contribution in [2.24, 2.45) is 5.73 Å². The quantitative estimate of drug-likeness (QED) is 0.755. The van der Waals surface area contributed by atoms with Crippen LogP contribution in [0, 0.1) is 0 Å². The Morgan fingerprint density at radius 1 is 0.963 bits per heavy atom. The van der Waals surface area contributed by atoms with Crippen LogP contribution in [0.15, 0.2) is 53.4 Å². The molecule has 27 heavy (non-hydrogen) atoms. The largest absolute Gasteiger partial charge is 0.490 e. The minimum absolute atomic E-state index is 0. The number of nitrogens with zero attached hydrogens (tertiary/aromatic N) is 1. The van der Waals surface area contributed by atoms with E-state index in [-0.39, 0.29) is 30.4 Å². The normalized spacial score (nSPS) is 13.7. The zero-order chi connectivity index (χ0) is 18.4. The van der Waals surface area contributed by atoms with E-state index in [2.05, 4.69) is 0 Å². The van der Waals surface area contributed by atoms with Crippen LogP contribution >= 0.6 is 12.4 Å². The van der Waals surface area contributed by atoms with Gasteiger partial charge in [-0.1, -0.05) is 30.3 Å². The summed E-state index contributed by atoms with van der Waals surface area (Å²) < 4.78 is 38.8. The molecule has 0 atom stereocenters. The molecule has 0 bridgehead atoms. The summed E-state index contributed by atoms with van der Waals surface area (Å²) in [5.41, 5.74) is 6.74. The number of hydrogen-bond acceptors (Lipinski definition) is 5. The molecule has 0 radical (unpaired) electrons. The summed E-state index contributed by atoms with van der Waals surface area (Å²) in [6, 6.07) is 14.6. The van der Waals surface area contributed by atoms with E-state index in [1.165, 1.54) is 4.31 Å². The van der Waals surface area contributed by atoms with Crippen LogP contribution in [0.3, 0.4) is 0 Å². The molecule has 0 unspecified atom stereocenters. The maximum Gasteiger partial charge on any atom is 0.243 e. The van der Waals surface area contributed by atoms with Gasteiger partial charge in [0.25, 0.3) is 0 Å². The fourth-order valence-electron chi connectivity index (χ4n) is 2.85. The average molecular weight is 413 g/mol. The average Bonchev–Trinajstić information content (AvgIpc) is 2.90. The minimum atomic E-state index is -3.66. The van der Waals surface area contributed by atoms with Gasteiger partial charge in [0.15, 0.2) is 11.5 Å². The first kappa shape index (κ1) is 21.5. The first-order chi connectivity index (χ1) is 12.6. The van der Waals surface area contributed by atoms with E-state index in [0.717, 1.165) is 12.0 Å². The van der Waals surface area contributed by atoms with Gasteiger partial charge >= 0.3 is 0 Å². The third-order valence-electron chi connectivity index (χ3n) is 4.23. The van der Waals surface area contributed by atoms with E-state index in [1.54, 1.807) is 18.2 Å². The Kier molecular flexibility index (Phi) is 7.91. The van der Waals surface area contributed by atoms with Gasteiger partial charge in [0, 0.05) is 32.1 Å². The molecule has 0 fully saturated rings. The lowest BCUT2D eigenvalue weighted by molar-refractivity contribution is 0.296. The molecule has 0 saturated heterocycles. The Bertz CT molecular complexity index is 831. The van der Waals surface area contributed by atoms with Gasteiger partial charge in [-0.2, -0.15) is 4.31 Å². The van der Waals surface area contributed by atoms with Gasteiger partial charge in [-0.15, -0.1) is 12.4 Å². The number of ether oxygens (including phenoxy) is 2. The van der Waals surface area contributed by atoms with Gasteiger partial charge in [0.2, 0.25) is 10.0 Å². The molecule has 1 aliphatic heterocycles. The minimum Gasteiger partial charge on any atom is -0.490 e. The van der Waals surface area contributed by atoms with Crippen LogP contribution in [0.5, 0.6) is 11.5 Å². The van der Waals surface area contributed by atoms with Gasteiger partial charge in [-0.3, -0.25) is 0 Å². The summed E-state index contributed by atoms with van der Waals surface area (Å²) in [4.78, 5) is 0.197. The summed E-state index contributed by atoms with van der Waals surface area (Å²) in [5, 5.41) is 0. The lowest BCUT2D eigenvalue weighted by atomic mass is 10.1. The topological polar surface area (TPSA) is 81.9 Å². The second-order valence-corrected chi connectivity index (χ2v) is 8.03. The molecule has 1 aliphatic rings. The molecule has 2 aromatic rings. The first-order valence-corrected chi connectivity index (χ1v) is 10.2. The lowest BCUT2D eigenvalue weighted by Crippen LogP contribution is -2.36. The van der Waals surface area contributed by atoms with Crippen LogP contribution in [-0.4, -0.2) is 45.6 Å². The van der Waals surface area contributed by atoms with E-state index in [4.69, 9.17) is 15.2 Å². The molecule has 2 aromatic carbocycles. The third-order valence-corrected chi connectivity index (χ3v) is 6.12. The maximum absolute atomic E-state index is 13.1. The summed E-state index contributed by atoms with van der Waals surface area (Å²) in [6.07, 6.45) is 1.40. The van der Waals surface area contributed by atoms with Gasteiger partial charge < -0.3 is 15.2 Å². The van der Waals surface area contributed by atoms with Crippen molar-refractivity contribution >= 4 is 22.4 Å². The molecule has 0 amide bonds. The number of benzene rings is 2. The van der Waals surface area contributed by atoms with Crippen molar-refractivity contribution in [1.82, 2.24) is 4.31 Å². The van der Waals surface area contributed by atoms with Crippen molar-refractivity contribution in [3.8, 4) is 11.5 Å². The van der Waals surface area contributed by atoms with E-state index in [1.807, 2.05) is 30.3 Å². The molecule has 3 rings (SSSR count). The Balaban J connectivity index is 0.00000261. The first-order valence-electron chi connectivity index (χ1n) is 8.75. The molecule has 148 valence electrons. The van der Waals surface area contributed by atoms with Crippen LogP contribution in [0.4, 0.5) is 0 Å². The van der Waals surface area contributed by atoms with Gasteiger partial charge in [-0.05, 0) is 24.1 Å². The third kappa shape index (κ3) is 5.35. The molecule has 0 aliphatic carbocycles. The van der Waals surface area contributed by atoms with E-state index < -0.39 is 10.0 Å². The molecule has 0 saturated carbocycles. The predicted molar refractivity (Wildman–Crippen MR) is 107 cm³/mol. The predicted octanol–water partition coefficient (Wildman–Crippen LogP) is 2.46. The lowest BCUT2D eigenvalue weighted by Gasteiger charge is -2.22. The molecule has 2 N–H and O–H groups in total. The van der Waals surface area contributed by atoms with Gasteiger partial charge in [0.05, 0.1) is 18.1 Å². The zero-order valence-electron chi connectivity index (χ0n) is 15.0. The highest BCUT2D eigenvalue weighted by Crippen LogP contribution is 2.32. The standard InChI is InChI=1S/C19H24N2O4S.ClH/c20-10-12-21(11-9-16-5-2-1-3-6-16)26(22,23)17-7-8-18-19(15-17)25-14-4-13-24-18;/h1-3,5-8,15H,4,9-14,20H2;1H. The highest BCUT2D eigenvalue weighted by molar-refractivity contribution is 7.89. The number of halogens is 1. The number of nitrogens with two attached hydrogens (primary N) is 1. The molecular weight excluding hydrogens is 388 g/mol. The van der Waals surface area contributed by atoms with Crippen molar-refractivity contribution in [3.05, 3.63) is 54.1 Å². The van der Waals surface area contributed by atoms with Crippen LogP contribution in [0.2, 0.25) is 0 Å². The number of sulfonamides is 1. The van der Waals surface area contributed by atoms with Crippen LogP contribution in [-0.2, 0) is 16.4 Å². The van der Waals surface area contributed by atoms with Crippen LogP contribution in [0.1, 0.15) is 12.0 Å². The summed E-state index contributed by atoms with van der Waals surface area (Å²) >= 11 is 0. The smallest absolute Gasteiger partial charge is 0.243 e. The van der Waals surface area contributed by atoms with Crippen molar-refractivity contribution in [2.75, 3.05) is 32.8 Å². The monoisotopic (exact) mass is 412 g/mol. The summed E-state index contributed by atoms with van der Waals surface area (Å²) in [5.74, 6) is 1.05. The highest BCUT2D eigenvalue weighted by Gasteiger charge is 2.25.